The second kappa shape index (κ2) is 9.34. The van der Waals surface area contributed by atoms with Crippen LogP contribution in [0, 0.1) is 6.92 Å². The standard InChI is InChI=1S/C24H26N6O4/c1-15(2)25-20(31)12-13-28-22(33)18-6-4-5-7-19(18)30-23(28)27-29(24(30)34)14-21(32)26-17-10-8-16(3)9-11-17/h4-11,15H,12-14H2,1-3H3,(H,25,31)(H,26,32). The van der Waals surface area contributed by atoms with Crippen LogP contribution in [0.2, 0.25) is 0 Å². The molecule has 176 valence electrons. The number of anilines is 1. The van der Waals surface area contributed by atoms with Crippen LogP contribution < -0.4 is 21.9 Å². The molecule has 10 heteroatoms. The van der Waals surface area contributed by atoms with Crippen molar-refractivity contribution in [1.82, 2.24) is 24.1 Å². The Morgan fingerprint density at radius 1 is 1.00 bits per heavy atom. The van der Waals surface area contributed by atoms with Gasteiger partial charge in [0, 0.05) is 24.7 Å². The number of amides is 2. The third-order valence-electron chi connectivity index (χ3n) is 5.33. The number of para-hydroxylation sites is 1. The first-order chi connectivity index (χ1) is 16.2. The van der Waals surface area contributed by atoms with Gasteiger partial charge in [0.2, 0.25) is 17.6 Å². The van der Waals surface area contributed by atoms with Crippen molar-refractivity contribution in [1.29, 1.82) is 0 Å². The van der Waals surface area contributed by atoms with Crippen molar-refractivity contribution in [3.8, 4) is 0 Å². The fraction of sp³-hybridized carbons (Fsp3) is 0.292. The van der Waals surface area contributed by atoms with Gasteiger partial charge in [-0.05, 0) is 45.0 Å². The lowest BCUT2D eigenvalue weighted by Crippen LogP contribution is -2.33. The monoisotopic (exact) mass is 462 g/mol. The minimum Gasteiger partial charge on any atom is -0.354 e. The van der Waals surface area contributed by atoms with E-state index < -0.39 is 11.6 Å². The first kappa shape index (κ1) is 23.0. The van der Waals surface area contributed by atoms with Crippen molar-refractivity contribution in [3.63, 3.8) is 0 Å². The number of carbonyl (C=O) groups excluding carboxylic acids is 2. The minimum absolute atomic E-state index is 0.0327. The maximum Gasteiger partial charge on any atom is 0.352 e. The van der Waals surface area contributed by atoms with Gasteiger partial charge < -0.3 is 10.6 Å². The molecule has 0 fully saturated rings. The number of aromatic nitrogens is 4. The van der Waals surface area contributed by atoms with E-state index in [2.05, 4.69) is 15.7 Å². The summed E-state index contributed by atoms with van der Waals surface area (Å²) >= 11 is 0. The average molecular weight is 463 g/mol. The Morgan fingerprint density at radius 2 is 1.71 bits per heavy atom. The van der Waals surface area contributed by atoms with E-state index in [4.69, 9.17) is 0 Å². The van der Waals surface area contributed by atoms with Crippen molar-refractivity contribution in [3.05, 3.63) is 74.9 Å². The van der Waals surface area contributed by atoms with Crippen LogP contribution in [0.4, 0.5) is 5.69 Å². The summed E-state index contributed by atoms with van der Waals surface area (Å²) in [7, 11) is 0. The van der Waals surface area contributed by atoms with Crippen LogP contribution in [0.1, 0.15) is 25.8 Å². The van der Waals surface area contributed by atoms with Crippen LogP contribution in [0.25, 0.3) is 16.7 Å². The molecule has 2 amide bonds. The highest BCUT2D eigenvalue weighted by Gasteiger charge is 2.19. The molecule has 2 N–H and O–H groups in total. The highest BCUT2D eigenvalue weighted by atomic mass is 16.2. The third kappa shape index (κ3) is 4.61. The minimum atomic E-state index is -0.550. The van der Waals surface area contributed by atoms with Gasteiger partial charge in [0.1, 0.15) is 6.54 Å². The van der Waals surface area contributed by atoms with Crippen molar-refractivity contribution in [2.75, 3.05) is 5.32 Å². The van der Waals surface area contributed by atoms with Gasteiger partial charge in [0.15, 0.2) is 0 Å². The third-order valence-corrected chi connectivity index (χ3v) is 5.33. The first-order valence-electron chi connectivity index (χ1n) is 11.0. The molecule has 0 bridgehead atoms. The summed E-state index contributed by atoms with van der Waals surface area (Å²) in [6.07, 6.45) is 0.0427. The zero-order valence-electron chi connectivity index (χ0n) is 19.2. The normalized spacial score (nSPS) is 11.3. The van der Waals surface area contributed by atoms with Gasteiger partial charge in [0.25, 0.3) is 5.56 Å². The number of hydrogen-bond acceptors (Lipinski definition) is 5. The van der Waals surface area contributed by atoms with E-state index in [-0.39, 0.29) is 42.8 Å². The molecule has 0 atom stereocenters. The summed E-state index contributed by atoms with van der Waals surface area (Å²) in [4.78, 5) is 51.2. The van der Waals surface area contributed by atoms with Gasteiger partial charge >= 0.3 is 5.69 Å². The molecule has 2 aromatic heterocycles. The number of fused-ring (bicyclic) bond motifs is 3. The number of nitrogens with zero attached hydrogens (tertiary/aromatic N) is 4. The molecule has 2 aromatic carbocycles. The summed E-state index contributed by atoms with van der Waals surface area (Å²) in [6, 6.07) is 13.9. The number of hydrogen-bond donors (Lipinski definition) is 2. The van der Waals surface area contributed by atoms with Crippen molar-refractivity contribution >= 4 is 34.2 Å². The van der Waals surface area contributed by atoms with Crippen LogP contribution in [-0.2, 0) is 22.7 Å². The Kier molecular flexibility index (Phi) is 6.31. The molecule has 0 saturated carbocycles. The molecule has 2 heterocycles. The van der Waals surface area contributed by atoms with E-state index in [9.17, 15) is 19.2 Å². The molecule has 34 heavy (non-hydrogen) atoms. The Morgan fingerprint density at radius 3 is 2.41 bits per heavy atom. The summed E-state index contributed by atoms with van der Waals surface area (Å²) in [5.41, 5.74) is 1.14. The van der Waals surface area contributed by atoms with Crippen LogP contribution in [0.3, 0.4) is 0 Å². The molecule has 4 aromatic rings. The quantitative estimate of drug-likeness (QED) is 0.433. The lowest BCUT2D eigenvalue weighted by molar-refractivity contribution is -0.121. The molecule has 0 spiro atoms. The highest BCUT2D eigenvalue weighted by Crippen LogP contribution is 2.12. The fourth-order valence-electron chi connectivity index (χ4n) is 3.75. The first-order valence-corrected chi connectivity index (χ1v) is 11.0. The smallest absolute Gasteiger partial charge is 0.352 e. The van der Waals surface area contributed by atoms with Gasteiger partial charge in [-0.15, -0.1) is 5.10 Å². The van der Waals surface area contributed by atoms with Gasteiger partial charge in [-0.1, -0.05) is 29.8 Å². The Hall–Kier alpha value is -4.21. The second-order valence-corrected chi connectivity index (χ2v) is 8.44. The Bertz CT molecular complexity index is 1490. The number of rotatable bonds is 7. The largest absolute Gasteiger partial charge is 0.354 e. The maximum atomic E-state index is 13.2. The number of benzene rings is 2. The molecule has 0 aliphatic rings. The molecular weight excluding hydrogens is 436 g/mol. The van der Waals surface area contributed by atoms with Gasteiger partial charge in [0.05, 0.1) is 10.9 Å². The molecular formula is C24H26N6O4. The van der Waals surface area contributed by atoms with Gasteiger partial charge in [-0.25, -0.2) is 13.9 Å². The number of carbonyl (C=O) groups is 2. The van der Waals surface area contributed by atoms with Crippen molar-refractivity contribution < 1.29 is 9.59 Å². The van der Waals surface area contributed by atoms with E-state index in [0.29, 0.717) is 16.6 Å². The van der Waals surface area contributed by atoms with E-state index in [1.807, 2.05) is 32.9 Å². The lowest BCUT2D eigenvalue weighted by Gasteiger charge is -2.11. The summed E-state index contributed by atoms with van der Waals surface area (Å²) in [5.74, 6) is -0.564. The van der Waals surface area contributed by atoms with E-state index in [1.165, 1.54) is 8.97 Å². The van der Waals surface area contributed by atoms with Crippen molar-refractivity contribution in [2.24, 2.45) is 0 Å². The van der Waals surface area contributed by atoms with E-state index in [1.54, 1.807) is 36.4 Å². The molecule has 0 saturated heterocycles. The summed E-state index contributed by atoms with van der Waals surface area (Å²) in [6.45, 7) is 5.35. The zero-order chi connectivity index (χ0) is 24.4. The number of nitrogens with one attached hydrogen (secondary N) is 2. The molecule has 0 aliphatic heterocycles. The topological polar surface area (TPSA) is 120 Å². The van der Waals surface area contributed by atoms with Crippen LogP contribution >= 0.6 is 0 Å². The van der Waals surface area contributed by atoms with E-state index >= 15 is 0 Å². The van der Waals surface area contributed by atoms with Gasteiger partial charge in [-0.3, -0.25) is 19.0 Å². The van der Waals surface area contributed by atoms with E-state index in [0.717, 1.165) is 10.2 Å². The van der Waals surface area contributed by atoms with Crippen LogP contribution in [0.15, 0.2) is 58.1 Å². The molecule has 0 aliphatic carbocycles. The lowest BCUT2D eigenvalue weighted by atomic mass is 10.2. The Labute approximate surface area is 194 Å². The fourth-order valence-corrected chi connectivity index (χ4v) is 3.75. The van der Waals surface area contributed by atoms with Crippen LogP contribution in [0.5, 0.6) is 0 Å². The van der Waals surface area contributed by atoms with Gasteiger partial charge in [-0.2, -0.15) is 0 Å². The molecule has 0 unspecified atom stereocenters. The Balaban J connectivity index is 1.73. The predicted octanol–water partition coefficient (Wildman–Crippen LogP) is 1.67. The van der Waals surface area contributed by atoms with Crippen molar-refractivity contribution in [2.45, 2.75) is 46.3 Å². The highest BCUT2D eigenvalue weighted by molar-refractivity contribution is 5.90. The predicted molar refractivity (Wildman–Crippen MR) is 129 cm³/mol. The SMILES string of the molecule is Cc1ccc(NC(=O)Cn2nc3n(CCC(=O)NC(C)C)c(=O)c4ccccc4n3c2=O)cc1. The zero-order valence-corrected chi connectivity index (χ0v) is 19.2. The second-order valence-electron chi connectivity index (χ2n) is 8.44. The summed E-state index contributed by atoms with van der Waals surface area (Å²) in [5, 5.41) is 10.1. The van der Waals surface area contributed by atoms with Crippen LogP contribution in [-0.4, -0.2) is 36.6 Å². The number of aryl methyl sites for hydroxylation is 2. The molecule has 4 rings (SSSR count). The average Bonchev–Trinajstić information content (AvgIpc) is 3.10. The molecule has 10 nitrogen and oxygen atoms in total. The maximum absolute atomic E-state index is 13.2. The summed E-state index contributed by atoms with van der Waals surface area (Å²) < 4.78 is 3.63. The molecule has 0 radical (unpaired) electrons.